The van der Waals surface area contributed by atoms with Crippen LogP contribution in [-0.4, -0.2) is 174 Å². The molecular weight excluding hydrogens is 947 g/mol. The third kappa shape index (κ3) is 10.2. The summed E-state index contributed by atoms with van der Waals surface area (Å²) in [5.41, 5.74) is -3.87. The van der Waals surface area contributed by atoms with Gasteiger partial charge in [0.1, 0.15) is 29.0 Å². The van der Waals surface area contributed by atoms with Crippen LogP contribution in [0.25, 0.3) is 0 Å². The Morgan fingerprint density at radius 2 is 1.57 bits per heavy atom. The van der Waals surface area contributed by atoms with Crippen LogP contribution in [-0.2, 0) is 63.7 Å². The number of morpholine rings is 1. The van der Waals surface area contributed by atoms with Crippen LogP contribution in [0.15, 0.2) is 18.2 Å². The standard InChI is InChI=1S/C49H59N5O18/c1-23-17-34(59)54(45(23)64)14-12-33(58)52-22-26(56)10-11-32(57)51-21-25(55)7-6-13-50-48(65)49(66)19-28-37(43(63)39-38(41(28)61)40(60)27-8-5-9-30(67-3)36(27)42(39)62)31(20-49)71-35-18-29-44(24(2)70-35)72-46-47(68-4)69-16-15-53(29)46/h5,8-9,23-24,29,31,35,44,46-47,61,63,66H,6-7,10-22H2,1-4H3,(H,50,65)(H,51,57)(H,52,58)/t23?,24-,29-,31-,35-,44+,46+,47-,49-/m0/s1. The van der Waals surface area contributed by atoms with Gasteiger partial charge in [0.15, 0.2) is 36.2 Å². The van der Waals surface area contributed by atoms with Crippen LogP contribution in [0.3, 0.4) is 0 Å². The monoisotopic (exact) mass is 1010 g/mol. The lowest BCUT2D eigenvalue weighted by molar-refractivity contribution is -0.256. The summed E-state index contributed by atoms with van der Waals surface area (Å²) in [6.07, 6.45) is -6.07. The molecule has 0 radical (unpaired) electrons. The highest BCUT2D eigenvalue weighted by atomic mass is 16.7. The first-order valence-corrected chi connectivity index (χ1v) is 24.0. The number of imide groups is 1. The maximum Gasteiger partial charge on any atom is 0.252 e. The molecular formula is C49H59N5O18. The van der Waals surface area contributed by atoms with Gasteiger partial charge in [-0.25, -0.2) is 0 Å². The maximum atomic E-state index is 14.2. The van der Waals surface area contributed by atoms with E-state index in [0.717, 1.165) is 4.90 Å². The van der Waals surface area contributed by atoms with Gasteiger partial charge in [-0.2, -0.15) is 0 Å². The number of phenolic OH excluding ortho intramolecular Hbond substituents is 2. The van der Waals surface area contributed by atoms with Gasteiger partial charge in [-0.05, 0) is 19.4 Å². The van der Waals surface area contributed by atoms with E-state index in [1.54, 1.807) is 13.8 Å². The van der Waals surface area contributed by atoms with Crippen molar-refractivity contribution in [1.29, 1.82) is 0 Å². The average molecular weight is 1010 g/mol. The summed E-state index contributed by atoms with van der Waals surface area (Å²) in [7, 11) is 2.83. The zero-order chi connectivity index (χ0) is 51.8. The predicted molar refractivity (Wildman–Crippen MR) is 244 cm³/mol. The lowest BCUT2D eigenvalue weighted by Gasteiger charge is -2.43. The molecule has 4 aliphatic heterocycles. The third-order valence-corrected chi connectivity index (χ3v) is 14.1. The Balaban J connectivity index is 0.885. The Morgan fingerprint density at radius 3 is 2.26 bits per heavy atom. The first-order valence-electron chi connectivity index (χ1n) is 24.0. The molecule has 0 saturated carbocycles. The minimum Gasteiger partial charge on any atom is -0.507 e. The molecule has 4 saturated heterocycles. The highest BCUT2D eigenvalue weighted by Gasteiger charge is 2.55. The summed E-state index contributed by atoms with van der Waals surface area (Å²) in [5, 5.41) is 43.7. The van der Waals surface area contributed by atoms with Crippen LogP contribution in [0.4, 0.5) is 0 Å². The van der Waals surface area contributed by atoms with Crippen LogP contribution >= 0.6 is 0 Å². The van der Waals surface area contributed by atoms with Gasteiger partial charge < -0.3 is 59.7 Å². The topological polar surface area (TPSA) is 312 Å². The molecule has 4 heterocycles. The predicted octanol–water partition coefficient (Wildman–Crippen LogP) is -0.0178. The number of hydrogen-bond donors (Lipinski definition) is 6. The zero-order valence-corrected chi connectivity index (χ0v) is 40.3. The second-order valence-electron chi connectivity index (χ2n) is 18.9. The number of ether oxygens (including phenoxy) is 6. The molecule has 0 aromatic heterocycles. The molecule has 1 unspecified atom stereocenters. The first-order chi connectivity index (χ1) is 34.3. The Labute approximate surface area is 413 Å². The van der Waals surface area contributed by atoms with E-state index < -0.39 is 125 Å². The van der Waals surface area contributed by atoms with E-state index in [0.29, 0.717) is 13.2 Å². The molecule has 0 bridgehead atoms. The van der Waals surface area contributed by atoms with Gasteiger partial charge in [-0.15, -0.1) is 0 Å². The number of nitrogens with zero attached hydrogens (tertiary/aromatic N) is 2. The molecule has 5 amide bonds. The van der Waals surface area contributed by atoms with E-state index >= 15 is 0 Å². The second-order valence-corrected chi connectivity index (χ2v) is 18.9. The number of Topliss-reactive ketones (excluding diaryl/α,β-unsaturated/α-hetero) is 2. The number of benzene rings is 2. The molecule has 72 heavy (non-hydrogen) atoms. The summed E-state index contributed by atoms with van der Waals surface area (Å²) in [5.74, 6) is -6.99. The minimum atomic E-state index is -2.34. The van der Waals surface area contributed by atoms with Crippen molar-refractivity contribution in [3.8, 4) is 17.2 Å². The van der Waals surface area contributed by atoms with Gasteiger partial charge in [-0.3, -0.25) is 53.0 Å². The molecule has 8 rings (SSSR count). The molecule has 2 aliphatic carbocycles. The number of aliphatic hydroxyl groups is 1. The molecule has 23 heteroatoms. The van der Waals surface area contributed by atoms with Crippen LogP contribution in [0.2, 0.25) is 0 Å². The number of amides is 5. The van der Waals surface area contributed by atoms with E-state index in [4.69, 9.17) is 28.4 Å². The number of nitrogens with one attached hydrogen (secondary N) is 3. The summed E-state index contributed by atoms with van der Waals surface area (Å²) >= 11 is 0. The fourth-order valence-electron chi connectivity index (χ4n) is 10.5. The number of carbonyl (C=O) groups is 9. The number of hydrogen-bond acceptors (Lipinski definition) is 19. The van der Waals surface area contributed by atoms with Gasteiger partial charge >= 0.3 is 0 Å². The highest BCUT2D eigenvalue weighted by molar-refractivity contribution is 6.31. The quantitative estimate of drug-likeness (QED) is 0.0522. The number of likely N-dealkylation sites (tertiary alicyclic amines) is 1. The Hall–Kier alpha value is -6.21. The first kappa shape index (κ1) is 52.1. The SMILES string of the molecule is COc1cccc2c1C(=O)c1c(O)c3c(c(O)c1C2=O)C[C@@](O)(C(=O)NCCCC(=O)CNC(=O)CCC(=O)CNC(=O)CCN1C(=O)CC(C)C1=O)C[C@@H]3O[C@H]1C[C@H]2[C@H](O[C@@H]3[C@@H](OC)OCCN32)[C@H](C)O1. The summed E-state index contributed by atoms with van der Waals surface area (Å²) < 4.78 is 35.9. The maximum absolute atomic E-state index is 14.2. The highest BCUT2D eigenvalue weighted by Crippen LogP contribution is 2.53. The van der Waals surface area contributed by atoms with Crippen LogP contribution < -0.4 is 20.7 Å². The van der Waals surface area contributed by atoms with E-state index in [1.165, 1.54) is 32.4 Å². The zero-order valence-electron chi connectivity index (χ0n) is 40.3. The molecule has 6 aliphatic rings. The molecule has 388 valence electrons. The number of aromatic hydroxyl groups is 2. The van der Waals surface area contributed by atoms with Gasteiger partial charge in [0.2, 0.25) is 29.4 Å². The number of phenols is 2. The van der Waals surface area contributed by atoms with E-state index in [2.05, 4.69) is 20.9 Å². The molecule has 23 nitrogen and oxygen atoms in total. The van der Waals surface area contributed by atoms with Gasteiger partial charge in [0.05, 0.1) is 55.7 Å². The minimum absolute atomic E-state index is 0.0694. The van der Waals surface area contributed by atoms with Crippen molar-refractivity contribution < 1.29 is 86.9 Å². The Bertz CT molecular complexity index is 2570. The van der Waals surface area contributed by atoms with Crippen molar-refractivity contribution in [3.05, 3.63) is 51.6 Å². The summed E-state index contributed by atoms with van der Waals surface area (Å²) in [4.78, 5) is 119. The van der Waals surface area contributed by atoms with E-state index in [-0.39, 0.29) is 117 Å². The van der Waals surface area contributed by atoms with Crippen LogP contribution in [0.5, 0.6) is 17.2 Å². The Kier molecular flexibility index (Phi) is 15.5. The number of rotatable bonds is 19. The Morgan fingerprint density at radius 1 is 0.861 bits per heavy atom. The molecule has 9 atom stereocenters. The third-order valence-electron chi connectivity index (χ3n) is 14.1. The van der Waals surface area contributed by atoms with Crippen molar-refractivity contribution in [2.75, 3.05) is 53.6 Å². The van der Waals surface area contributed by atoms with E-state index in [9.17, 15) is 58.5 Å². The number of ketones is 4. The fraction of sp³-hybridized carbons (Fsp3) is 0.571. The van der Waals surface area contributed by atoms with Gasteiger partial charge in [-0.1, -0.05) is 19.1 Å². The second kappa shape index (κ2) is 21.5. The van der Waals surface area contributed by atoms with Crippen molar-refractivity contribution in [1.82, 2.24) is 25.8 Å². The van der Waals surface area contributed by atoms with Gasteiger partial charge in [0, 0.05) is 107 Å². The normalized spacial score (nSPS) is 27.5. The lowest BCUT2D eigenvalue weighted by atomic mass is 9.72. The van der Waals surface area contributed by atoms with Crippen molar-refractivity contribution >= 4 is 52.7 Å². The van der Waals surface area contributed by atoms with Gasteiger partial charge in [0.25, 0.3) is 5.91 Å². The molecule has 4 fully saturated rings. The number of carbonyl (C=O) groups excluding carboxylic acids is 9. The molecule has 0 spiro atoms. The molecule has 2 aromatic carbocycles. The number of fused-ring (bicyclic) bond motifs is 6. The fourth-order valence-corrected chi connectivity index (χ4v) is 10.5. The molecule has 2 aromatic rings. The van der Waals surface area contributed by atoms with Crippen molar-refractivity contribution in [2.45, 2.75) is 120 Å². The lowest BCUT2D eigenvalue weighted by Crippen LogP contribution is -2.55. The number of methoxy groups -OCH3 is 2. The largest absolute Gasteiger partial charge is 0.507 e. The average Bonchev–Trinajstić information content (AvgIpc) is 3.86. The summed E-state index contributed by atoms with van der Waals surface area (Å²) in [6.45, 7) is 3.37. The smallest absolute Gasteiger partial charge is 0.252 e. The van der Waals surface area contributed by atoms with Crippen LogP contribution in [0, 0.1) is 5.92 Å². The van der Waals surface area contributed by atoms with Crippen molar-refractivity contribution in [3.63, 3.8) is 0 Å². The van der Waals surface area contributed by atoms with Crippen molar-refractivity contribution in [2.24, 2.45) is 5.92 Å². The molecule has 6 N–H and O–H groups in total. The summed E-state index contributed by atoms with van der Waals surface area (Å²) in [6, 6.07) is 4.11. The van der Waals surface area contributed by atoms with Crippen LogP contribution in [0.1, 0.15) is 114 Å². The van der Waals surface area contributed by atoms with E-state index in [1.807, 2.05) is 0 Å².